The number of halogens is 3. The average Bonchev–Trinajstić information content (AvgIpc) is 2.40. The van der Waals surface area contributed by atoms with Crippen molar-refractivity contribution in [2.24, 2.45) is 0 Å². The minimum atomic E-state index is -0.838. The molecule has 0 radical (unpaired) electrons. The molecule has 0 saturated heterocycles. The Morgan fingerprint density at radius 1 is 1.32 bits per heavy atom. The van der Waals surface area contributed by atoms with Gasteiger partial charge in [-0.15, -0.1) is 0 Å². The maximum Gasteiger partial charge on any atom is 0.359 e. The van der Waals surface area contributed by atoms with Gasteiger partial charge in [0, 0.05) is 12.7 Å². The number of amides is 1. The SMILES string of the molecule is CCCNC(=O)COC(=O)c1ncc(Cl)c(Cl)c1Cl. The zero-order valence-corrected chi connectivity index (χ0v) is 12.3. The number of nitrogens with one attached hydrogen (secondary N) is 1. The molecule has 5 nitrogen and oxygen atoms in total. The quantitative estimate of drug-likeness (QED) is 0.845. The standard InChI is InChI=1S/C11H11Cl3N2O3/c1-2-3-15-7(17)5-19-11(18)10-9(14)8(13)6(12)4-16-10/h4H,2-3,5H2,1H3,(H,15,17). The number of esters is 1. The Morgan fingerprint density at radius 2 is 2.00 bits per heavy atom. The van der Waals surface area contributed by atoms with Crippen molar-refractivity contribution in [2.45, 2.75) is 13.3 Å². The highest BCUT2D eigenvalue weighted by Gasteiger charge is 2.19. The van der Waals surface area contributed by atoms with Gasteiger partial charge in [0.15, 0.2) is 12.3 Å². The molecule has 1 rings (SSSR count). The van der Waals surface area contributed by atoms with Gasteiger partial charge in [-0.05, 0) is 6.42 Å². The Labute approximate surface area is 125 Å². The molecule has 1 amide bonds. The Hall–Kier alpha value is -1.04. The lowest BCUT2D eigenvalue weighted by Crippen LogP contribution is -2.29. The molecule has 0 aliphatic heterocycles. The van der Waals surface area contributed by atoms with Gasteiger partial charge in [-0.25, -0.2) is 9.78 Å². The third-order valence-corrected chi connectivity index (χ3v) is 3.26. The topological polar surface area (TPSA) is 68.3 Å². The third kappa shape index (κ3) is 4.53. The van der Waals surface area contributed by atoms with Gasteiger partial charge >= 0.3 is 5.97 Å². The molecule has 1 N–H and O–H groups in total. The van der Waals surface area contributed by atoms with E-state index in [9.17, 15) is 9.59 Å². The summed E-state index contributed by atoms with van der Waals surface area (Å²) in [4.78, 5) is 26.6. The van der Waals surface area contributed by atoms with E-state index in [1.165, 1.54) is 6.20 Å². The molecule has 0 fully saturated rings. The largest absolute Gasteiger partial charge is 0.451 e. The van der Waals surface area contributed by atoms with E-state index >= 15 is 0 Å². The molecular formula is C11H11Cl3N2O3. The molecule has 0 atom stereocenters. The number of rotatable bonds is 5. The van der Waals surface area contributed by atoms with Crippen LogP contribution < -0.4 is 5.32 Å². The predicted octanol–water partition coefficient (Wildman–Crippen LogP) is 2.72. The first kappa shape index (κ1) is 16.0. The fourth-order valence-electron chi connectivity index (χ4n) is 1.10. The van der Waals surface area contributed by atoms with E-state index in [-0.39, 0.29) is 20.8 Å². The lowest BCUT2D eigenvalue weighted by molar-refractivity contribution is -0.124. The lowest BCUT2D eigenvalue weighted by Gasteiger charge is -2.07. The number of carbonyl (C=O) groups excluding carboxylic acids is 2. The fourth-order valence-corrected chi connectivity index (χ4v) is 1.66. The first-order chi connectivity index (χ1) is 8.97. The molecule has 0 aliphatic carbocycles. The van der Waals surface area contributed by atoms with Crippen LogP contribution >= 0.6 is 34.8 Å². The molecule has 1 aromatic heterocycles. The van der Waals surface area contributed by atoms with Crippen molar-refractivity contribution in [2.75, 3.05) is 13.2 Å². The number of ether oxygens (including phenoxy) is 1. The maximum absolute atomic E-state index is 11.7. The van der Waals surface area contributed by atoms with E-state index in [0.29, 0.717) is 6.54 Å². The summed E-state index contributed by atoms with van der Waals surface area (Å²) in [5.41, 5.74) is -0.181. The lowest BCUT2D eigenvalue weighted by atomic mass is 10.3. The van der Waals surface area contributed by atoms with Gasteiger partial charge in [-0.3, -0.25) is 4.79 Å². The van der Waals surface area contributed by atoms with Crippen LogP contribution in [0.2, 0.25) is 15.1 Å². The first-order valence-corrected chi connectivity index (χ1v) is 6.54. The summed E-state index contributed by atoms with van der Waals surface area (Å²) in [7, 11) is 0. The molecule has 0 saturated carbocycles. The monoisotopic (exact) mass is 324 g/mol. The maximum atomic E-state index is 11.7. The molecule has 104 valence electrons. The second-order valence-corrected chi connectivity index (χ2v) is 4.67. The highest BCUT2D eigenvalue weighted by Crippen LogP contribution is 2.31. The molecule has 0 aromatic carbocycles. The zero-order chi connectivity index (χ0) is 14.4. The highest BCUT2D eigenvalue weighted by atomic mass is 35.5. The summed E-state index contributed by atoms with van der Waals surface area (Å²) in [6, 6.07) is 0. The van der Waals surface area contributed by atoms with Crippen molar-refractivity contribution in [1.82, 2.24) is 10.3 Å². The highest BCUT2D eigenvalue weighted by molar-refractivity contribution is 6.48. The summed E-state index contributed by atoms with van der Waals surface area (Å²) in [5.74, 6) is -1.23. The molecule has 8 heteroatoms. The van der Waals surface area contributed by atoms with Crippen molar-refractivity contribution in [3.05, 3.63) is 27.0 Å². The van der Waals surface area contributed by atoms with Crippen molar-refractivity contribution in [3.63, 3.8) is 0 Å². The Morgan fingerprint density at radius 3 is 2.63 bits per heavy atom. The van der Waals surface area contributed by atoms with Crippen molar-refractivity contribution in [3.8, 4) is 0 Å². The van der Waals surface area contributed by atoms with Gasteiger partial charge in [0.2, 0.25) is 0 Å². The molecule has 1 heterocycles. The minimum Gasteiger partial charge on any atom is -0.451 e. The molecule has 0 spiro atoms. The number of hydrogen-bond acceptors (Lipinski definition) is 4. The Balaban J connectivity index is 2.64. The van der Waals surface area contributed by atoms with Gasteiger partial charge in [-0.2, -0.15) is 0 Å². The average molecular weight is 326 g/mol. The van der Waals surface area contributed by atoms with E-state index in [2.05, 4.69) is 10.3 Å². The number of nitrogens with zero attached hydrogens (tertiary/aromatic N) is 1. The van der Waals surface area contributed by atoms with Crippen LogP contribution in [0.4, 0.5) is 0 Å². The molecule has 0 aliphatic rings. The molecule has 1 aromatic rings. The summed E-state index contributed by atoms with van der Waals surface area (Å²) >= 11 is 17.3. The van der Waals surface area contributed by atoms with Crippen LogP contribution in [0.15, 0.2) is 6.20 Å². The Bertz CT molecular complexity index is 494. The second-order valence-electron chi connectivity index (χ2n) is 3.51. The molecule has 0 unspecified atom stereocenters. The molecular weight excluding hydrogens is 314 g/mol. The first-order valence-electron chi connectivity index (χ1n) is 5.40. The van der Waals surface area contributed by atoms with Crippen LogP contribution in [-0.2, 0) is 9.53 Å². The van der Waals surface area contributed by atoms with Crippen LogP contribution in [0, 0.1) is 0 Å². The van der Waals surface area contributed by atoms with E-state index in [1.807, 2.05) is 6.92 Å². The minimum absolute atomic E-state index is 0.0146. The summed E-state index contributed by atoms with van der Waals surface area (Å²) < 4.78 is 4.76. The van der Waals surface area contributed by atoms with E-state index in [1.54, 1.807) is 0 Å². The molecule has 19 heavy (non-hydrogen) atoms. The van der Waals surface area contributed by atoms with E-state index in [4.69, 9.17) is 39.5 Å². The third-order valence-electron chi connectivity index (χ3n) is 2.02. The summed E-state index contributed by atoms with van der Waals surface area (Å²) in [6.07, 6.45) is 1.98. The van der Waals surface area contributed by atoms with Gasteiger partial charge in [0.05, 0.1) is 15.1 Å². The summed E-state index contributed by atoms with van der Waals surface area (Å²) in [5, 5.41) is 2.60. The van der Waals surface area contributed by atoms with Gasteiger partial charge in [0.1, 0.15) is 0 Å². The molecule has 0 bridgehead atoms. The van der Waals surface area contributed by atoms with Crippen LogP contribution in [-0.4, -0.2) is 30.0 Å². The predicted molar refractivity (Wildman–Crippen MR) is 72.9 cm³/mol. The zero-order valence-electron chi connectivity index (χ0n) is 10.0. The Kier molecular flexibility index (Phi) is 6.34. The van der Waals surface area contributed by atoms with Crippen molar-refractivity contribution in [1.29, 1.82) is 0 Å². The summed E-state index contributed by atoms with van der Waals surface area (Å²) in [6.45, 7) is 2.02. The van der Waals surface area contributed by atoms with Crippen LogP contribution in [0.3, 0.4) is 0 Å². The van der Waals surface area contributed by atoms with Crippen molar-refractivity contribution < 1.29 is 14.3 Å². The van der Waals surface area contributed by atoms with E-state index in [0.717, 1.165) is 6.42 Å². The van der Waals surface area contributed by atoms with E-state index < -0.39 is 18.5 Å². The second kappa shape index (κ2) is 7.53. The number of aromatic nitrogens is 1. The van der Waals surface area contributed by atoms with Crippen LogP contribution in [0.1, 0.15) is 23.8 Å². The van der Waals surface area contributed by atoms with Gasteiger partial charge in [0.25, 0.3) is 5.91 Å². The number of pyridine rings is 1. The normalized spacial score (nSPS) is 10.1. The van der Waals surface area contributed by atoms with Crippen molar-refractivity contribution >= 4 is 46.7 Å². The number of hydrogen-bond donors (Lipinski definition) is 1. The fraction of sp³-hybridized carbons (Fsp3) is 0.364. The van der Waals surface area contributed by atoms with Gasteiger partial charge < -0.3 is 10.1 Å². The van der Waals surface area contributed by atoms with Crippen LogP contribution in [0.5, 0.6) is 0 Å². The van der Waals surface area contributed by atoms with Gasteiger partial charge in [-0.1, -0.05) is 41.7 Å². The smallest absolute Gasteiger partial charge is 0.359 e. The van der Waals surface area contributed by atoms with Crippen LogP contribution in [0.25, 0.3) is 0 Å². The number of carbonyl (C=O) groups is 2.